The van der Waals surface area contributed by atoms with Gasteiger partial charge in [0.1, 0.15) is 5.75 Å². The lowest BCUT2D eigenvalue weighted by molar-refractivity contribution is -0.260. The number of anilines is 1. The van der Waals surface area contributed by atoms with Gasteiger partial charge in [-0.25, -0.2) is 0 Å². The highest BCUT2D eigenvalue weighted by Crippen LogP contribution is 2.43. The first-order chi connectivity index (χ1) is 14.3. The molecule has 0 heterocycles. The molecule has 2 aromatic rings. The normalized spacial score (nSPS) is 14.6. The average Bonchev–Trinajstić information content (AvgIpc) is 2.67. The zero-order chi connectivity index (χ0) is 23.4. The van der Waals surface area contributed by atoms with Crippen molar-refractivity contribution in [3.8, 4) is 0 Å². The molecule has 0 unspecified atom stereocenters. The second-order valence-electron chi connectivity index (χ2n) is 6.66. The Morgan fingerprint density at radius 1 is 1.10 bits per heavy atom. The van der Waals surface area contributed by atoms with Gasteiger partial charge in [0, 0.05) is 29.3 Å². The summed E-state index contributed by atoms with van der Waals surface area (Å²) < 4.78 is 52.2. The largest absolute Gasteiger partial charge is 0.423 e. The molecule has 0 aliphatic carbocycles. The number of hydrogen-bond acceptors (Lipinski definition) is 4. The van der Waals surface area contributed by atoms with E-state index in [1.165, 1.54) is 18.4 Å². The van der Waals surface area contributed by atoms with E-state index in [2.05, 4.69) is 10.6 Å². The number of hydrogen-bond donors (Lipinski definition) is 3. The predicted molar refractivity (Wildman–Crippen MR) is 117 cm³/mol. The lowest BCUT2D eigenvalue weighted by Gasteiger charge is -2.32. The van der Waals surface area contributed by atoms with Crippen molar-refractivity contribution in [1.29, 1.82) is 0 Å². The molecule has 3 N–H and O–H groups in total. The van der Waals surface area contributed by atoms with Crippen molar-refractivity contribution in [3.05, 3.63) is 62.6 Å². The van der Waals surface area contributed by atoms with Crippen LogP contribution < -0.4 is 10.6 Å². The number of amides is 1. The first-order valence-corrected chi connectivity index (χ1v) is 11.5. The number of halogens is 6. The van der Waals surface area contributed by atoms with Gasteiger partial charge < -0.3 is 15.7 Å². The molecular weight excluding hydrogens is 500 g/mol. The molecule has 0 bridgehead atoms. The number of alkyl halides is 3. The monoisotopic (exact) mass is 516 g/mol. The average molecular weight is 518 g/mol. The molecule has 0 aliphatic heterocycles. The number of rotatable bonds is 8. The third-order valence-corrected chi connectivity index (χ3v) is 6.12. The summed E-state index contributed by atoms with van der Waals surface area (Å²) in [6, 6.07) is 8.01. The van der Waals surface area contributed by atoms with E-state index in [1.54, 1.807) is 12.1 Å². The minimum absolute atomic E-state index is 0.113. The van der Waals surface area contributed by atoms with Crippen LogP contribution in [0.5, 0.6) is 0 Å². The Bertz CT molecular complexity index is 951. The van der Waals surface area contributed by atoms with Gasteiger partial charge in [-0.05, 0) is 35.4 Å². The smallest absolute Gasteiger partial charge is 0.381 e. The van der Waals surface area contributed by atoms with Crippen LogP contribution in [0.25, 0.3) is 0 Å². The molecule has 31 heavy (non-hydrogen) atoms. The van der Waals surface area contributed by atoms with Crippen molar-refractivity contribution < 1.29 is 27.3 Å². The van der Waals surface area contributed by atoms with E-state index < -0.39 is 34.7 Å². The molecule has 12 heteroatoms. The molecule has 0 radical (unpaired) electrons. The molecule has 5 nitrogen and oxygen atoms in total. The van der Waals surface area contributed by atoms with Crippen molar-refractivity contribution in [2.45, 2.75) is 18.3 Å². The van der Waals surface area contributed by atoms with E-state index in [0.29, 0.717) is 11.3 Å². The van der Waals surface area contributed by atoms with E-state index in [9.17, 15) is 27.3 Å². The Morgan fingerprint density at radius 3 is 2.13 bits per heavy atom. The van der Waals surface area contributed by atoms with Crippen LogP contribution in [-0.4, -0.2) is 40.0 Å². The molecule has 0 saturated heterocycles. The molecule has 1 amide bonds. The number of carbonyl (C=O) groups is 1. The fraction of sp³-hybridized carbons (Fsp3) is 0.316. The molecular formula is C19H18Cl3F3N2O3S. The van der Waals surface area contributed by atoms with Crippen molar-refractivity contribution in [3.63, 3.8) is 0 Å². The quantitative estimate of drug-likeness (QED) is 0.451. The Labute approximate surface area is 194 Å². The minimum Gasteiger partial charge on any atom is -0.381 e. The molecule has 2 aromatic carbocycles. The van der Waals surface area contributed by atoms with Gasteiger partial charge in [0.15, 0.2) is 0 Å². The highest BCUT2D eigenvalue weighted by atomic mass is 35.5. The second kappa shape index (κ2) is 10.4. The summed E-state index contributed by atoms with van der Waals surface area (Å²) in [6.45, 7) is -0.742. The predicted octanol–water partition coefficient (Wildman–Crippen LogP) is 4.50. The summed E-state index contributed by atoms with van der Waals surface area (Å²) in [5.41, 5.74) is -2.85. The number of nitrogens with one attached hydrogen (secondary N) is 2. The number of carbonyl (C=O) groups excluding carboxylic acids is 1. The summed E-state index contributed by atoms with van der Waals surface area (Å²) in [6.07, 6.45) is -3.63. The van der Waals surface area contributed by atoms with Gasteiger partial charge in [0.25, 0.3) is 0 Å². The van der Waals surface area contributed by atoms with Gasteiger partial charge in [0.2, 0.25) is 11.5 Å². The maximum absolute atomic E-state index is 13.7. The lowest BCUT2D eigenvalue weighted by Crippen LogP contribution is -2.47. The molecule has 0 saturated carbocycles. The van der Waals surface area contributed by atoms with E-state index in [-0.39, 0.29) is 33.3 Å². The van der Waals surface area contributed by atoms with Crippen LogP contribution in [0.3, 0.4) is 0 Å². The van der Waals surface area contributed by atoms with E-state index in [4.69, 9.17) is 34.8 Å². The van der Waals surface area contributed by atoms with Crippen molar-refractivity contribution in [1.82, 2.24) is 5.32 Å². The van der Waals surface area contributed by atoms with E-state index in [0.717, 1.165) is 12.1 Å². The van der Waals surface area contributed by atoms with Gasteiger partial charge in [0.05, 0.1) is 21.6 Å². The van der Waals surface area contributed by atoms with Gasteiger partial charge in [-0.1, -0.05) is 46.9 Å². The minimum atomic E-state index is -5.04. The van der Waals surface area contributed by atoms with Crippen molar-refractivity contribution in [2.24, 2.45) is 0 Å². The number of aliphatic hydroxyl groups is 1. The van der Waals surface area contributed by atoms with Crippen LogP contribution >= 0.6 is 34.8 Å². The summed E-state index contributed by atoms with van der Waals surface area (Å²) in [5, 5.41) is 15.1. The van der Waals surface area contributed by atoms with Crippen LogP contribution in [0.2, 0.25) is 15.1 Å². The lowest BCUT2D eigenvalue weighted by atomic mass is 9.92. The Kier molecular flexibility index (Phi) is 8.63. The molecule has 0 spiro atoms. The van der Waals surface area contributed by atoms with E-state index >= 15 is 0 Å². The highest BCUT2D eigenvalue weighted by molar-refractivity contribution is 7.85. The summed E-state index contributed by atoms with van der Waals surface area (Å²) in [5.74, 6) is -0.493. The third kappa shape index (κ3) is 6.73. The topological polar surface area (TPSA) is 78.4 Å². The van der Waals surface area contributed by atoms with Gasteiger partial charge in [-0.15, -0.1) is 0 Å². The van der Waals surface area contributed by atoms with Crippen molar-refractivity contribution in [2.75, 3.05) is 23.9 Å². The van der Waals surface area contributed by atoms with Gasteiger partial charge >= 0.3 is 6.18 Å². The maximum Gasteiger partial charge on any atom is 0.423 e. The summed E-state index contributed by atoms with van der Waals surface area (Å²) >= 11 is 17.4. The fourth-order valence-electron chi connectivity index (χ4n) is 2.57. The second-order valence-corrected chi connectivity index (χ2v) is 9.28. The van der Waals surface area contributed by atoms with Gasteiger partial charge in [-0.2, -0.15) is 13.2 Å². The first kappa shape index (κ1) is 25.7. The summed E-state index contributed by atoms with van der Waals surface area (Å²) in [7, 11) is -1.26. The third-order valence-electron chi connectivity index (χ3n) is 4.26. The van der Waals surface area contributed by atoms with Crippen LogP contribution in [-0.2, 0) is 27.7 Å². The molecule has 0 fully saturated rings. The molecule has 0 aromatic heterocycles. The molecule has 2 atom stereocenters. The molecule has 170 valence electrons. The van der Waals surface area contributed by atoms with Crippen molar-refractivity contribution >= 4 is 57.2 Å². The molecule has 0 aliphatic rings. The highest BCUT2D eigenvalue weighted by Gasteiger charge is 2.55. The van der Waals surface area contributed by atoms with Gasteiger partial charge in [-0.3, -0.25) is 9.00 Å². The van der Waals surface area contributed by atoms with E-state index in [1.807, 2.05) is 0 Å². The SMILES string of the molecule is C[S@@](=O)CC(=O)NCc1ccc(NC[C@@](O)(c2cc(Cl)c(Cl)c(Cl)c2)C(F)(F)F)cc1. The zero-order valence-electron chi connectivity index (χ0n) is 16.0. The standard InChI is InChI=1S/C19H18Cl3F3N2O3S/c1-31(30)9-16(28)26-8-11-2-4-13(5-3-11)27-10-18(29,19(23,24)25)12-6-14(20)17(22)15(21)7-12/h2-7,27,29H,8-10H2,1H3,(H,26,28)/t18-,31-/m1/s1. The Morgan fingerprint density at radius 2 is 1.65 bits per heavy atom. The Hall–Kier alpha value is -1.52. The fourth-order valence-corrected chi connectivity index (χ4v) is 3.63. The van der Waals surface area contributed by atoms with Crippen LogP contribution in [0.4, 0.5) is 18.9 Å². The van der Waals surface area contributed by atoms with Crippen LogP contribution in [0.1, 0.15) is 11.1 Å². The number of benzene rings is 2. The van der Waals surface area contributed by atoms with Crippen LogP contribution in [0, 0.1) is 0 Å². The first-order valence-electron chi connectivity index (χ1n) is 8.67. The Balaban J connectivity index is 2.12. The zero-order valence-corrected chi connectivity index (χ0v) is 19.1. The summed E-state index contributed by atoms with van der Waals surface area (Å²) in [4.78, 5) is 11.5. The molecule has 2 rings (SSSR count). The van der Waals surface area contributed by atoms with Crippen LogP contribution in [0.15, 0.2) is 36.4 Å². The maximum atomic E-state index is 13.7.